The van der Waals surface area contributed by atoms with Crippen molar-refractivity contribution in [3.05, 3.63) is 35.9 Å². The molecule has 0 spiro atoms. The Morgan fingerprint density at radius 2 is 2.26 bits per heavy atom. The average molecular weight is 277 g/mol. The molecule has 1 aliphatic carbocycles. The van der Waals surface area contributed by atoms with Crippen molar-refractivity contribution in [1.82, 2.24) is 14.8 Å². The summed E-state index contributed by atoms with van der Waals surface area (Å²) in [6, 6.07) is 5.31. The van der Waals surface area contributed by atoms with Gasteiger partial charge in [-0.1, -0.05) is 18.0 Å². The maximum absolute atomic E-state index is 12.0. The number of benzene rings is 1. The molecule has 0 radical (unpaired) electrons. The van der Waals surface area contributed by atoms with Crippen molar-refractivity contribution in [1.29, 1.82) is 0 Å². The van der Waals surface area contributed by atoms with E-state index in [0.29, 0.717) is 10.7 Å². The molecule has 1 aromatic carbocycles. The number of anilines is 1. The highest BCUT2D eigenvalue weighted by Gasteiger charge is 2.25. The van der Waals surface area contributed by atoms with Gasteiger partial charge in [0.1, 0.15) is 12.7 Å². The van der Waals surface area contributed by atoms with Crippen molar-refractivity contribution in [2.24, 2.45) is 5.92 Å². The van der Waals surface area contributed by atoms with Crippen LogP contribution in [0.4, 0.5) is 5.69 Å². The van der Waals surface area contributed by atoms with E-state index in [1.165, 1.54) is 6.33 Å². The van der Waals surface area contributed by atoms with Gasteiger partial charge in [-0.15, -0.1) is 0 Å². The van der Waals surface area contributed by atoms with Gasteiger partial charge >= 0.3 is 0 Å². The van der Waals surface area contributed by atoms with Gasteiger partial charge in [0.05, 0.1) is 11.4 Å². The Morgan fingerprint density at radius 3 is 2.89 bits per heavy atom. The molecule has 1 aliphatic rings. The highest BCUT2D eigenvalue weighted by Crippen LogP contribution is 2.29. The van der Waals surface area contributed by atoms with Crippen molar-refractivity contribution in [2.45, 2.75) is 19.3 Å². The lowest BCUT2D eigenvalue weighted by Gasteiger charge is -2.24. The van der Waals surface area contributed by atoms with Crippen molar-refractivity contribution < 1.29 is 4.79 Å². The summed E-state index contributed by atoms with van der Waals surface area (Å²) in [4.78, 5) is 15.9. The van der Waals surface area contributed by atoms with Crippen molar-refractivity contribution >= 4 is 23.2 Å². The Hall–Kier alpha value is -1.88. The molecule has 1 N–H and O–H groups in total. The molecule has 6 heteroatoms. The van der Waals surface area contributed by atoms with Gasteiger partial charge in [0.15, 0.2) is 0 Å². The van der Waals surface area contributed by atoms with Crippen LogP contribution in [0.3, 0.4) is 0 Å². The molecule has 0 bridgehead atoms. The first kappa shape index (κ1) is 12.2. The molecular weight excluding hydrogens is 264 g/mol. The molecule has 0 saturated heterocycles. The zero-order valence-electron chi connectivity index (χ0n) is 10.2. The van der Waals surface area contributed by atoms with Gasteiger partial charge in [0.2, 0.25) is 5.91 Å². The molecule has 0 aliphatic heterocycles. The number of carbonyl (C=O) groups excluding carboxylic acids is 1. The van der Waals surface area contributed by atoms with Crippen LogP contribution in [0.1, 0.15) is 19.3 Å². The zero-order chi connectivity index (χ0) is 13.2. The summed E-state index contributed by atoms with van der Waals surface area (Å²) in [5.74, 6) is 0.178. The number of halogens is 1. The fourth-order valence-corrected chi connectivity index (χ4v) is 2.22. The largest absolute Gasteiger partial charge is 0.324 e. The Balaban J connectivity index is 1.90. The van der Waals surface area contributed by atoms with Gasteiger partial charge in [-0.05, 0) is 31.0 Å². The van der Waals surface area contributed by atoms with Gasteiger partial charge in [0, 0.05) is 10.9 Å². The molecule has 98 valence electrons. The minimum atomic E-state index is 0.0508. The minimum Gasteiger partial charge on any atom is -0.324 e. The molecule has 19 heavy (non-hydrogen) atoms. The average Bonchev–Trinajstić information content (AvgIpc) is 2.80. The predicted molar refractivity (Wildman–Crippen MR) is 72.3 cm³/mol. The molecule has 1 saturated carbocycles. The first-order valence-corrected chi connectivity index (χ1v) is 6.57. The monoisotopic (exact) mass is 276 g/mol. The lowest BCUT2D eigenvalue weighted by atomic mass is 9.85. The number of aromatic nitrogens is 3. The van der Waals surface area contributed by atoms with Crippen LogP contribution in [0.5, 0.6) is 0 Å². The molecule has 1 fully saturated rings. The lowest BCUT2D eigenvalue weighted by Crippen LogP contribution is -2.28. The number of nitrogens with zero attached hydrogens (tertiary/aromatic N) is 3. The van der Waals surface area contributed by atoms with Gasteiger partial charge in [-0.3, -0.25) is 4.79 Å². The van der Waals surface area contributed by atoms with E-state index >= 15 is 0 Å². The van der Waals surface area contributed by atoms with E-state index in [4.69, 9.17) is 11.6 Å². The van der Waals surface area contributed by atoms with Gasteiger partial charge < -0.3 is 5.32 Å². The van der Waals surface area contributed by atoms with E-state index in [-0.39, 0.29) is 11.8 Å². The predicted octanol–water partition coefficient (Wildman–Crippen LogP) is 2.66. The fourth-order valence-electron chi connectivity index (χ4n) is 2.05. The van der Waals surface area contributed by atoms with E-state index in [1.807, 2.05) is 6.07 Å². The van der Waals surface area contributed by atoms with E-state index in [2.05, 4.69) is 15.4 Å². The fraction of sp³-hybridized carbons (Fsp3) is 0.308. The normalized spacial score (nSPS) is 15.0. The Morgan fingerprint density at radius 1 is 1.42 bits per heavy atom. The van der Waals surface area contributed by atoms with Crippen LogP contribution < -0.4 is 5.32 Å². The zero-order valence-corrected chi connectivity index (χ0v) is 11.0. The number of hydrogen-bond donors (Lipinski definition) is 1. The molecule has 3 rings (SSSR count). The van der Waals surface area contributed by atoms with E-state index in [1.54, 1.807) is 23.1 Å². The maximum atomic E-state index is 12.0. The molecule has 0 unspecified atom stereocenters. The number of rotatable bonds is 3. The highest BCUT2D eigenvalue weighted by molar-refractivity contribution is 6.31. The van der Waals surface area contributed by atoms with E-state index in [0.717, 1.165) is 24.9 Å². The topological polar surface area (TPSA) is 59.8 Å². The summed E-state index contributed by atoms with van der Waals surface area (Å²) >= 11 is 5.99. The summed E-state index contributed by atoms with van der Waals surface area (Å²) in [5, 5.41) is 7.58. The van der Waals surface area contributed by atoms with Gasteiger partial charge in [-0.2, -0.15) is 5.10 Å². The SMILES string of the molecule is O=C(Nc1cc(Cl)ccc1-n1cncn1)C1CCC1. The van der Waals surface area contributed by atoms with Crippen molar-refractivity contribution in [2.75, 3.05) is 5.32 Å². The standard InChI is InChI=1S/C13H13ClN4O/c14-10-4-5-12(18-8-15-7-16-18)11(6-10)17-13(19)9-2-1-3-9/h4-9H,1-3H2,(H,17,19). The number of nitrogens with one attached hydrogen (secondary N) is 1. The number of hydrogen-bond acceptors (Lipinski definition) is 3. The van der Waals surface area contributed by atoms with Crippen LogP contribution in [-0.2, 0) is 4.79 Å². The maximum Gasteiger partial charge on any atom is 0.227 e. The van der Waals surface area contributed by atoms with Crippen LogP contribution >= 0.6 is 11.6 Å². The third-order valence-corrected chi connectivity index (χ3v) is 3.59. The Labute approximate surface area is 115 Å². The second-order valence-corrected chi connectivity index (χ2v) is 5.06. The lowest BCUT2D eigenvalue weighted by molar-refractivity contribution is -0.122. The first-order valence-electron chi connectivity index (χ1n) is 6.19. The Bertz CT molecular complexity index is 593. The second kappa shape index (κ2) is 5.01. The van der Waals surface area contributed by atoms with Crippen LogP contribution in [0.15, 0.2) is 30.9 Å². The minimum absolute atomic E-state index is 0.0508. The second-order valence-electron chi connectivity index (χ2n) is 4.62. The molecule has 1 amide bonds. The molecule has 0 atom stereocenters. The smallest absolute Gasteiger partial charge is 0.227 e. The van der Waals surface area contributed by atoms with Crippen LogP contribution in [0.2, 0.25) is 5.02 Å². The molecule has 1 heterocycles. The number of amides is 1. The molecule has 2 aromatic rings. The summed E-state index contributed by atoms with van der Waals surface area (Å²) < 4.78 is 1.60. The highest BCUT2D eigenvalue weighted by atomic mass is 35.5. The summed E-state index contributed by atoms with van der Waals surface area (Å²) in [5.41, 5.74) is 1.42. The van der Waals surface area contributed by atoms with Crippen molar-refractivity contribution in [3.63, 3.8) is 0 Å². The summed E-state index contributed by atoms with van der Waals surface area (Å²) in [6.45, 7) is 0. The van der Waals surface area contributed by atoms with E-state index < -0.39 is 0 Å². The third-order valence-electron chi connectivity index (χ3n) is 3.36. The Kier molecular flexibility index (Phi) is 3.21. The number of carbonyl (C=O) groups is 1. The molecule has 5 nitrogen and oxygen atoms in total. The van der Waals surface area contributed by atoms with Crippen LogP contribution in [-0.4, -0.2) is 20.7 Å². The van der Waals surface area contributed by atoms with Crippen molar-refractivity contribution in [3.8, 4) is 5.69 Å². The molecular formula is C13H13ClN4O. The molecule has 1 aromatic heterocycles. The quantitative estimate of drug-likeness (QED) is 0.937. The first-order chi connectivity index (χ1) is 9.24. The summed E-state index contributed by atoms with van der Waals surface area (Å²) in [7, 11) is 0. The van der Waals surface area contributed by atoms with Gasteiger partial charge in [0.25, 0.3) is 0 Å². The summed E-state index contributed by atoms with van der Waals surface area (Å²) in [6.07, 6.45) is 6.09. The van der Waals surface area contributed by atoms with Crippen LogP contribution in [0, 0.1) is 5.92 Å². The van der Waals surface area contributed by atoms with Gasteiger partial charge in [-0.25, -0.2) is 9.67 Å². The third kappa shape index (κ3) is 2.46. The van der Waals surface area contributed by atoms with Crippen LogP contribution in [0.25, 0.3) is 5.69 Å². The van der Waals surface area contributed by atoms with E-state index in [9.17, 15) is 4.79 Å².